The minimum absolute atomic E-state index is 0.222. The van der Waals surface area contributed by atoms with Crippen molar-refractivity contribution in [1.82, 2.24) is 4.57 Å². The summed E-state index contributed by atoms with van der Waals surface area (Å²) in [6.07, 6.45) is 8.89. The number of carbonyl (C=O) groups excluding carboxylic acids is 1. The van der Waals surface area contributed by atoms with Gasteiger partial charge in [0.2, 0.25) is 0 Å². The zero-order valence-corrected chi connectivity index (χ0v) is 13.0. The number of methoxy groups -OCH3 is 1. The molecule has 1 aliphatic rings. The third-order valence-corrected chi connectivity index (χ3v) is 4.65. The molecular weight excluding hydrogens is 250 g/mol. The molecule has 1 aromatic rings. The van der Waals surface area contributed by atoms with Crippen LogP contribution in [-0.2, 0) is 11.2 Å². The highest BCUT2D eigenvalue weighted by Crippen LogP contribution is 2.29. The van der Waals surface area contributed by atoms with Gasteiger partial charge in [0.1, 0.15) is 5.69 Å². The first kappa shape index (κ1) is 15.1. The van der Waals surface area contributed by atoms with Crippen LogP contribution in [-0.4, -0.2) is 17.6 Å². The maximum Gasteiger partial charge on any atom is 0.354 e. The Balaban J connectivity index is 2.22. The molecule has 1 saturated carbocycles. The minimum Gasteiger partial charge on any atom is -0.464 e. The average Bonchev–Trinajstić information content (AvgIpc) is 2.90. The Bertz CT molecular complexity index is 444. The number of hydrogen-bond donors (Lipinski definition) is 0. The second kappa shape index (κ2) is 6.96. The van der Waals surface area contributed by atoms with Crippen molar-refractivity contribution in [3.8, 4) is 0 Å². The molecule has 0 aromatic carbocycles. The molecule has 1 heterocycles. The first-order valence-electron chi connectivity index (χ1n) is 7.95. The predicted molar refractivity (Wildman–Crippen MR) is 81.1 cm³/mol. The standard InChI is InChI=1S/C17H27NO2/c1-4-13(2)18-15(10-11-16(18)17(19)20-3)12-14-8-6-5-7-9-14/h10-11,13-14H,4-9,12H2,1-3H3/t13-/m0/s1. The van der Waals surface area contributed by atoms with E-state index >= 15 is 0 Å². The van der Waals surface area contributed by atoms with Crippen molar-refractivity contribution in [2.45, 2.75) is 64.8 Å². The molecule has 112 valence electrons. The second-order valence-corrected chi connectivity index (χ2v) is 6.04. The fraction of sp³-hybridized carbons (Fsp3) is 0.706. The Kier molecular flexibility index (Phi) is 5.27. The molecule has 0 bridgehead atoms. The second-order valence-electron chi connectivity index (χ2n) is 6.04. The molecule has 0 amide bonds. The van der Waals surface area contributed by atoms with Gasteiger partial charge >= 0.3 is 5.97 Å². The number of ether oxygens (including phenoxy) is 1. The number of carbonyl (C=O) groups is 1. The molecule has 2 rings (SSSR count). The van der Waals surface area contributed by atoms with Gasteiger partial charge in [-0.3, -0.25) is 0 Å². The van der Waals surface area contributed by atoms with Crippen LogP contribution in [0.25, 0.3) is 0 Å². The Labute approximate surface area is 122 Å². The number of rotatable bonds is 5. The van der Waals surface area contributed by atoms with Crippen LogP contribution in [0, 0.1) is 5.92 Å². The molecule has 0 unspecified atom stereocenters. The smallest absolute Gasteiger partial charge is 0.354 e. The Morgan fingerprint density at radius 2 is 2.05 bits per heavy atom. The van der Waals surface area contributed by atoms with Crippen LogP contribution >= 0.6 is 0 Å². The van der Waals surface area contributed by atoms with Gasteiger partial charge in [-0.2, -0.15) is 0 Å². The number of nitrogens with zero attached hydrogens (tertiary/aromatic N) is 1. The van der Waals surface area contributed by atoms with Crippen molar-refractivity contribution in [2.75, 3.05) is 7.11 Å². The summed E-state index contributed by atoms with van der Waals surface area (Å²) in [4.78, 5) is 11.9. The highest BCUT2D eigenvalue weighted by molar-refractivity contribution is 5.87. The molecule has 20 heavy (non-hydrogen) atoms. The number of esters is 1. The van der Waals surface area contributed by atoms with Crippen molar-refractivity contribution in [3.63, 3.8) is 0 Å². The summed E-state index contributed by atoms with van der Waals surface area (Å²) >= 11 is 0. The lowest BCUT2D eigenvalue weighted by atomic mass is 9.86. The zero-order chi connectivity index (χ0) is 14.5. The van der Waals surface area contributed by atoms with E-state index in [1.165, 1.54) is 44.9 Å². The van der Waals surface area contributed by atoms with Crippen LogP contribution in [0.3, 0.4) is 0 Å². The van der Waals surface area contributed by atoms with Crippen molar-refractivity contribution in [2.24, 2.45) is 5.92 Å². The van der Waals surface area contributed by atoms with Crippen molar-refractivity contribution < 1.29 is 9.53 Å². The van der Waals surface area contributed by atoms with Gasteiger partial charge in [0, 0.05) is 11.7 Å². The summed E-state index contributed by atoms with van der Waals surface area (Å²) in [5, 5.41) is 0. The number of aromatic nitrogens is 1. The maximum absolute atomic E-state index is 11.9. The number of hydrogen-bond acceptors (Lipinski definition) is 2. The summed E-state index contributed by atoms with van der Waals surface area (Å²) in [6, 6.07) is 4.39. The molecule has 1 fully saturated rings. The normalized spacial score (nSPS) is 17.9. The molecule has 0 N–H and O–H groups in total. The Morgan fingerprint density at radius 3 is 2.65 bits per heavy atom. The van der Waals surface area contributed by atoms with Gasteiger partial charge in [0.15, 0.2) is 0 Å². The largest absolute Gasteiger partial charge is 0.464 e. The van der Waals surface area contributed by atoms with Crippen LogP contribution in [0.4, 0.5) is 0 Å². The Hall–Kier alpha value is -1.25. The monoisotopic (exact) mass is 277 g/mol. The van der Waals surface area contributed by atoms with E-state index in [-0.39, 0.29) is 5.97 Å². The summed E-state index contributed by atoms with van der Waals surface area (Å²) in [5.74, 6) is 0.562. The van der Waals surface area contributed by atoms with Gasteiger partial charge in [0.25, 0.3) is 0 Å². The van der Waals surface area contributed by atoms with Gasteiger partial charge in [0.05, 0.1) is 7.11 Å². The van der Waals surface area contributed by atoms with E-state index in [2.05, 4.69) is 24.5 Å². The molecule has 0 aliphatic heterocycles. The molecule has 1 aromatic heterocycles. The van der Waals surface area contributed by atoms with E-state index in [0.29, 0.717) is 11.7 Å². The van der Waals surface area contributed by atoms with E-state index < -0.39 is 0 Å². The molecule has 3 heteroatoms. The first-order chi connectivity index (χ1) is 9.67. The highest BCUT2D eigenvalue weighted by Gasteiger charge is 2.21. The van der Waals surface area contributed by atoms with Gasteiger partial charge in [-0.25, -0.2) is 4.79 Å². The van der Waals surface area contributed by atoms with Gasteiger partial charge in [-0.1, -0.05) is 39.0 Å². The summed E-state index contributed by atoms with van der Waals surface area (Å²) in [5.41, 5.74) is 2.00. The lowest BCUT2D eigenvalue weighted by Crippen LogP contribution is -2.18. The fourth-order valence-electron chi connectivity index (χ4n) is 3.32. The van der Waals surface area contributed by atoms with Gasteiger partial charge in [-0.15, -0.1) is 0 Å². The van der Waals surface area contributed by atoms with Crippen LogP contribution in [0.5, 0.6) is 0 Å². The van der Waals surface area contributed by atoms with Crippen LogP contribution in [0.15, 0.2) is 12.1 Å². The third kappa shape index (κ3) is 3.25. The molecule has 0 spiro atoms. The van der Waals surface area contributed by atoms with Crippen LogP contribution in [0.2, 0.25) is 0 Å². The maximum atomic E-state index is 11.9. The van der Waals surface area contributed by atoms with Crippen LogP contribution < -0.4 is 0 Å². The minimum atomic E-state index is -0.222. The Morgan fingerprint density at radius 1 is 1.35 bits per heavy atom. The molecule has 3 nitrogen and oxygen atoms in total. The lowest BCUT2D eigenvalue weighted by molar-refractivity contribution is 0.0585. The summed E-state index contributed by atoms with van der Waals surface area (Å²) in [7, 11) is 1.46. The topological polar surface area (TPSA) is 31.2 Å². The van der Waals surface area contributed by atoms with Crippen molar-refractivity contribution >= 4 is 5.97 Å². The van der Waals surface area contributed by atoms with E-state index in [9.17, 15) is 4.79 Å². The lowest BCUT2D eigenvalue weighted by Gasteiger charge is -2.24. The average molecular weight is 277 g/mol. The molecule has 0 saturated heterocycles. The molecule has 0 radical (unpaired) electrons. The molecule has 1 atom stereocenters. The van der Waals surface area contributed by atoms with E-state index in [1.54, 1.807) is 0 Å². The summed E-state index contributed by atoms with van der Waals surface area (Å²) in [6.45, 7) is 4.34. The van der Waals surface area contributed by atoms with E-state index in [4.69, 9.17) is 4.74 Å². The summed E-state index contributed by atoms with van der Waals surface area (Å²) < 4.78 is 7.11. The zero-order valence-electron chi connectivity index (χ0n) is 13.0. The van der Waals surface area contributed by atoms with Crippen molar-refractivity contribution in [3.05, 3.63) is 23.5 Å². The van der Waals surface area contributed by atoms with E-state index in [1.807, 2.05) is 6.07 Å². The highest BCUT2D eigenvalue weighted by atomic mass is 16.5. The SMILES string of the molecule is CC[C@H](C)n1c(CC2CCCCC2)ccc1C(=O)OC. The predicted octanol–water partition coefficient (Wildman–Crippen LogP) is 4.37. The van der Waals surface area contributed by atoms with Gasteiger partial charge in [-0.05, 0) is 37.8 Å². The first-order valence-corrected chi connectivity index (χ1v) is 7.95. The quantitative estimate of drug-likeness (QED) is 0.748. The van der Waals surface area contributed by atoms with Crippen LogP contribution in [0.1, 0.15) is 74.6 Å². The van der Waals surface area contributed by atoms with E-state index in [0.717, 1.165) is 18.8 Å². The fourth-order valence-corrected chi connectivity index (χ4v) is 3.32. The molecular formula is C17H27NO2. The van der Waals surface area contributed by atoms with Crippen molar-refractivity contribution in [1.29, 1.82) is 0 Å². The third-order valence-electron chi connectivity index (χ3n) is 4.65. The molecule has 1 aliphatic carbocycles. The van der Waals surface area contributed by atoms with Gasteiger partial charge < -0.3 is 9.30 Å².